The van der Waals surface area contributed by atoms with E-state index >= 15 is 0 Å². The average Bonchev–Trinajstić information content (AvgIpc) is 3.34. The van der Waals surface area contributed by atoms with Crippen molar-refractivity contribution in [3.05, 3.63) is 76.6 Å². The summed E-state index contributed by atoms with van der Waals surface area (Å²) in [6.45, 7) is 11.4. The van der Waals surface area contributed by atoms with E-state index in [0.29, 0.717) is 17.7 Å². The van der Waals surface area contributed by atoms with Crippen LogP contribution in [0.5, 0.6) is 0 Å². The fourth-order valence-electron chi connectivity index (χ4n) is 4.62. The number of nitrogens with one attached hydrogen (secondary N) is 3. The number of rotatable bonds is 8. The first kappa shape index (κ1) is 23.5. The zero-order chi connectivity index (χ0) is 24.2. The molecule has 2 amide bonds. The number of fused-ring (bicyclic) bond motifs is 1. The molecule has 0 aliphatic carbocycles. The summed E-state index contributed by atoms with van der Waals surface area (Å²) < 4.78 is 0. The van der Waals surface area contributed by atoms with Crippen LogP contribution in [0.2, 0.25) is 0 Å². The van der Waals surface area contributed by atoms with Crippen molar-refractivity contribution < 1.29 is 9.59 Å². The molecule has 3 aromatic rings. The number of likely N-dealkylation sites (N-methyl/N-ethyl adjacent to an activating group) is 1. The first-order chi connectivity index (χ1) is 16.4. The number of benzene rings is 2. The minimum atomic E-state index is -0.138. The van der Waals surface area contributed by atoms with Crippen molar-refractivity contribution in [2.24, 2.45) is 0 Å². The smallest absolute Gasteiger partial charge is 0.256 e. The minimum absolute atomic E-state index is 0.114. The van der Waals surface area contributed by atoms with E-state index in [-0.39, 0.29) is 11.8 Å². The van der Waals surface area contributed by atoms with Crippen molar-refractivity contribution in [1.82, 2.24) is 15.2 Å². The second-order valence-electron chi connectivity index (χ2n) is 8.57. The number of nitrogens with zero attached hydrogens (tertiary/aromatic N) is 1. The predicted molar refractivity (Wildman–Crippen MR) is 139 cm³/mol. The van der Waals surface area contributed by atoms with Crippen LogP contribution in [0.15, 0.2) is 48.5 Å². The van der Waals surface area contributed by atoms with Gasteiger partial charge < -0.3 is 20.5 Å². The first-order valence-corrected chi connectivity index (χ1v) is 11.9. The Hall–Kier alpha value is -3.64. The van der Waals surface area contributed by atoms with E-state index in [4.69, 9.17) is 0 Å². The molecule has 1 aromatic heterocycles. The van der Waals surface area contributed by atoms with Crippen LogP contribution in [0.3, 0.4) is 0 Å². The van der Waals surface area contributed by atoms with E-state index in [2.05, 4.69) is 34.4 Å². The number of H-pyrrole nitrogens is 1. The number of anilines is 1. The van der Waals surface area contributed by atoms with Crippen molar-refractivity contribution >= 4 is 29.2 Å². The molecule has 0 unspecified atom stereocenters. The molecule has 176 valence electrons. The van der Waals surface area contributed by atoms with Crippen LogP contribution in [0.4, 0.5) is 5.69 Å². The first-order valence-electron chi connectivity index (χ1n) is 11.9. The van der Waals surface area contributed by atoms with Crippen molar-refractivity contribution in [2.75, 3.05) is 31.5 Å². The lowest BCUT2D eigenvalue weighted by Gasteiger charge is -2.18. The molecule has 4 rings (SSSR count). The van der Waals surface area contributed by atoms with E-state index in [1.54, 1.807) is 0 Å². The Labute approximate surface area is 201 Å². The van der Waals surface area contributed by atoms with Gasteiger partial charge in [-0.2, -0.15) is 0 Å². The molecule has 1 aliphatic heterocycles. The van der Waals surface area contributed by atoms with Gasteiger partial charge in [-0.25, -0.2) is 0 Å². The number of amides is 2. The maximum absolute atomic E-state index is 13.3. The van der Waals surface area contributed by atoms with Crippen LogP contribution in [-0.4, -0.2) is 47.9 Å². The van der Waals surface area contributed by atoms with E-state index in [0.717, 1.165) is 59.0 Å². The Kier molecular flexibility index (Phi) is 6.98. The maximum Gasteiger partial charge on any atom is 0.256 e. The molecule has 0 atom stereocenters. The Balaban J connectivity index is 1.76. The van der Waals surface area contributed by atoms with Crippen molar-refractivity contribution in [2.45, 2.75) is 27.7 Å². The monoisotopic (exact) mass is 456 g/mol. The molecule has 2 heterocycles. The zero-order valence-corrected chi connectivity index (χ0v) is 20.3. The summed E-state index contributed by atoms with van der Waals surface area (Å²) in [6, 6.07) is 15.7. The largest absolute Gasteiger partial charge is 0.358 e. The summed E-state index contributed by atoms with van der Waals surface area (Å²) in [7, 11) is 0. The quantitative estimate of drug-likeness (QED) is 0.424. The molecule has 0 spiro atoms. The summed E-state index contributed by atoms with van der Waals surface area (Å²) in [5.41, 5.74) is 7.21. The fourth-order valence-corrected chi connectivity index (χ4v) is 4.62. The molecule has 6 nitrogen and oxygen atoms in total. The van der Waals surface area contributed by atoms with Gasteiger partial charge in [-0.3, -0.25) is 9.59 Å². The van der Waals surface area contributed by atoms with Gasteiger partial charge in [0.2, 0.25) is 0 Å². The Morgan fingerprint density at radius 2 is 1.74 bits per heavy atom. The zero-order valence-electron chi connectivity index (χ0n) is 20.3. The highest BCUT2D eigenvalue weighted by molar-refractivity contribution is 6.35. The van der Waals surface area contributed by atoms with Crippen LogP contribution in [0.25, 0.3) is 22.8 Å². The molecular formula is C28H32N4O2. The van der Waals surface area contributed by atoms with Gasteiger partial charge >= 0.3 is 0 Å². The molecule has 1 aliphatic rings. The van der Waals surface area contributed by atoms with Crippen LogP contribution in [-0.2, 0) is 4.79 Å². The van der Waals surface area contributed by atoms with Crippen molar-refractivity contribution in [3.63, 3.8) is 0 Å². The van der Waals surface area contributed by atoms with Gasteiger partial charge in [-0.1, -0.05) is 56.3 Å². The van der Waals surface area contributed by atoms with E-state index in [1.807, 2.05) is 68.5 Å². The number of aromatic amines is 1. The van der Waals surface area contributed by atoms with Gasteiger partial charge in [0, 0.05) is 41.3 Å². The van der Waals surface area contributed by atoms with Crippen molar-refractivity contribution in [3.8, 4) is 11.1 Å². The number of carbonyl (C=O) groups excluding carboxylic acids is 2. The molecule has 0 bridgehead atoms. The van der Waals surface area contributed by atoms with Gasteiger partial charge in [0.05, 0.1) is 11.1 Å². The van der Waals surface area contributed by atoms with Gasteiger partial charge in [-0.15, -0.1) is 0 Å². The summed E-state index contributed by atoms with van der Waals surface area (Å²) in [6.07, 6.45) is 1.87. The second kappa shape index (κ2) is 10.1. The maximum atomic E-state index is 13.3. The van der Waals surface area contributed by atoms with Gasteiger partial charge in [-0.05, 0) is 50.2 Å². The summed E-state index contributed by atoms with van der Waals surface area (Å²) in [5, 5.41) is 6.05. The molecular weight excluding hydrogens is 424 g/mol. The Bertz CT molecular complexity index is 1240. The number of aromatic nitrogens is 1. The highest BCUT2D eigenvalue weighted by atomic mass is 16.2. The molecule has 2 aromatic carbocycles. The normalized spacial score (nSPS) is 13.9. The van der Waals surface area contributed by atoms with E-state index in [9.17, 15) is 9.59 Å². The average molecular weight is 457 g/mol. The molecule has 0 fully saturated rings. The highest BCUT2D eigenvalue weighted by Gasteiger charge is 2.28. The number of carbonyl (C=O) groups is 2. The lowest BCUT2D eigenvalue weighted by Crippen LogP contribution is -2.35. The lowest BCUT2D eigenvalue weighted by atomic mass is 9.96. The third-order valence-corrected chi connectivity index (χ3v) is 6.44. The van der Waals surface area contributed by atoms with E-state index < -0.39 is 0 Å². The topological polar surface area (TPSA) is 77.2 Å². The second-order valence-corrected chi connectivity index (χ2v) is 8.57. The third-order valence-electron chi connectivity index (χ3n) is 6.44. The molecule has 3 N–H and O–H groups in total. The number of hydrogen-bond acceptors (Lipinski definition) is 3. The minimum Gasteiger partial charge on any atom is -0.358 e. The molecule has 0 saturated heterocycles. The third kappa shape index (κ3) is 4.54. The lowest BCUT2D eigenvalue weighted by molar-refractivity contribution is -0.110. The summed E-state index contributed by atoms with van der Waals surface area (Å²) in [4.78, 5) is 31.8. The van der Waals surface area contributed by atoms with Crippen LogP contribution in [0.1, 0.15) is 46.7 Å². The highest BCUT2D eigenvalue weighted by Crippen LogP contribution is 2.38. The van der Waals surface area contributed by atoms with Crippen molar-refractivity contribution in [1.29, 1.82) is 0 Å². The summed E-state index contributed by atoms with van der Waals surface area (Å²) in [5.74, 6) is -0.252. The Morgan fingerprint density at radius 1 is 1.00 bits per heavy atom. The summed E-state index contributed by atoms with van der Waals surface area (Å²) >= 11 is 0. The van der Waals surface area contributed by atoms with Crippen LogP contribution in [0, 0.1) is 13.8 Å². The van der Waals surface area contributed by atoms with Gasteiger partial charge in [0.25, 0.3) is 11.8 Å². The van der Waals surface area contributed by atoms with Crippen LogP contribution < -0.4 is 10.6 Å². The molecule has 0 saturated carbocycles. The van der Waals surface area contributed by atoms with Gasteiger partial charge in [0.1, 0.15) is 0 Å². The standard InChI is InChI=1S/C28H32N4O2/c1-5-32(6-2)16-15-29-28(34)25-19(4)30-23(26(25)20-12-8-7-9-13-20)17-21-24-18(3)11-10-14-22(24)31-27(21)33/h7-14,17,30H,5-6,15-16H2,1-4H3,(H,29,34)(H,31,33)/b21-17-. The Morgan fingerprint density at radius 3 is 2.44 bits per heavy atom. The number of hydrogen-bond donors (Lipinski definition) is 3. The molecule has 0 radical (unpaired) electrons. The molecule has 34 heavy (non-hydrogen) atoms. The fraction of sp³-hybridized carbons (Fsp3) is 0.286. The van der Waals surface area contributed by atoms with E-state index in [1.165, 1.54) is 0 Å². The van der Waals surface area contributed by atoms with Gasteiger partial charge in [0.15, 0.2) is 0 Å². The molecule has 6 heteroatoms. The SMILES string of the molecule is CCN(CC)CCNC(=O)c1c(C)[nH]c(/C=C2\C(=O)Nc3cccc(C)c32)c1-c1ccccc1. The predicted octanol–water partition coefficient (Wildman–Crippen LogP) is 4.86. The van der Waals surface area contributed by atoms with Crippen LogP contribution >= 0.6 is 0 Å². The number of aryl methyl sites for hydroxylation is 2.